The van der Waals surface area contributed by atoms with Crippen molar-refractivity contribution in [2.45, 2.75) is 13.5 Å². The topological polar surface area (TPSA) is 58.3 Å². The van der Waals surface area contributed by atoms with Crippen molar-refractivity contribution in [3.8, 4) is 0 Å². The van der Waals surface area contributed by atoms with Crippen LogP contribution in [-0.4, -0.2) is 11.7 Å². The largest absolute Gasteiger partial charge is 0.397 e. The molecule has 0 atom stereocenters. The zero-order valence-electron chi connectivity index (χ0n) is 7.17. The van der Waals surface area contributed by atoms with E-state index in [4.69, 9.17) is 10.8 Å². The standard InChI is InChI=1S/C9H14N2O/c1-2-11-9-4-3-7(6-12)5-8(9)10/h3-5,11-12H,2,6,10H2,1H3. The van der Waals surface area contributed by atoms with E-state index < -0.39 is 0 Å². The Balaban J connectivity index is 2.87. The van der Waals surface area contributed by atoms with Gasteiger partial charge in [0, 0.05) is 6.54 Å². The van der Waals surface area contributed by atoms with Crippen molar-refractivity contribution in [2.75, 3.05) is 17.6 Å². The number of rotatable bonds is 3. The summed E-state index contributed by atoms with van der Waals surface area (Å²) in [6, 6.07) is 5.51. The number of aliphatic hydroxyl groups is 1. The molecule has 1 aromatic rings. The molecule has 0 radical (unpaired) electrons. The Kier molecular flexibility index (Phi) is 2.94. The fraction of sp³-hybridized carbons (Fsp3) is 0.333. The smallest absolute Gasteiger partial charge is 0.0682 e. The Labute approximate surface area is 72.2 Å². The molecule has 3 nitrogen and oxygen atoms in total. The van der Waals surface area contributed by atoms with Crippen LogP contribution < -0.4 is 11.1 Å². The molecule has 66 valence electrons. The second-order valence-corrected chi connectivity index (χ2v) is 2.61. The van der Waals surface area contributed by atoms with E-state index in [-0.39, 0.29) is 6.61 Å². The summed E-state index contributed by atoms with van der Waals surface area (Å²) < 4.78 is 0. The number of aliphatic hydroxyl groups excluding tert-OH is 1. The van der Waals surface area contributed by atoms with Crippen molar-refractivity contribution >= 4 is 11.4 Å². The summed E-state index contributed by atoms with van der Waals surface area (Å²) in [5, 5.41) is 11.9. The van der Waals surface area contributed by atoms with Crippen LogP contribution in [0.2, 0.25) is 0 Å². The number of hydrogen-bond donors (Lipinski definition) is 3. The Morgan fingerprint density at radius 3 is 2.75 bits per heavy atom. The predicted molar refractivity (Wildman–Crippen MR) is 50.9 cm³/mol. The Morgan fingerprint density at radius 1 is 1.50 bits per heavy atom. The number of benzene rings is 1. The van der Waals surface area contributed by atoms with Crippen LogP contribution in [0, 0.1) is 0 Å². The molecule has 0 aromatic heterocycles. The molecule has 0 unspecified atom stereocenters. The van der Waals surface area contributed by atoms with Gasteiger partial charge < -0.3 is 16.2 Å². The average molecular weight is 166 g/mol. The second kappa shape index (κ2) is 3.97. The summed E-state index contributed by atoms with van der Waals surface area (Å²) in [6.45, 7) is 2.90. The summed E-state index contributed by atoms with van der Waals surface area (Å²) in [7, 11) is 0. The van der Waals surface area contributed by atoms with Crippen LogP contribution in [-0.2, 0) is 6.61 Å². The molecule has 0 saturated heterocycles. The van der Waals surface area contributed by atoms with Crippen LogP contribution in [0.4, 0.5) is 11.4 Å². The van der Waals surface area contributed by atoms with Gasteiger partial charge in [-0.05, 0) is 24.6 Å². The minimum atomic E-state index is 0.0383. The predicted octanol–water partition coefficient (Wildman–Crippen LogP) is 1.19. The molecule has 1 aromatic carbocycles. The molecule has 0 aliphatic rings. The van der Waals surface area contributed by atoms with Gasteiger partial charge in [0.1, 0.15) is 0 Å². The maximum absolute atomic E-state index is 8.81. The van der Waals surface area contributed by atoms with E-state index in [1.807, 2.05) is 19.1 Å². The van der Waals surface area contributed by atoms with E-state index in [9.17, 15) is 0 Å². The minimum Gasteiger partial charge on any atom is -0.397 e. The molecule has 12 heavy (non-hydrogen) atoms. The number of anilines is 2. The van der Waals surface area contributed by atoms with Gasteiger partial charge in [0.15, 0.2) is 0 Å². The summed E-state index contributed by atoms with van der Waals surface area (Å²) in [4.78, 5) is 0. The molecule has 0 amide bonds. The van der Waals surface area contributed by atoms with Crippen molar-refractivity contribution in [1.82, 2.24) is 0 Å². The Morgan fingerprint density at radius 2 is 2.25 bits per heavy atom. The van der Waals surface area contributed by atoms with E-state index in [1.54, 1.807) is 6.07 Å². The lowest BCUT2D eigenvalue weighted by Crippen LogP contribution is -2.01. The van der Waals surface area contributed by atoms with Gasteiger partial charge in [-0.3, -0.25) is 0 Å². The molecule has 1 rings (SSSR count). The zero-order chi connectivity index (χ0) is 8.97. The third-order valence-corrected chi connectivity index (χ3v) is 1.67. The second-order valence-electron chi connectivity index (χ2n) is 2.61. The van der Waals surface area contributed by atoms with Crippen molar-refractivity contribution in [3.05, 3.63) is 23.8 Å². The highest BCUT2D eigenvalue weighted by atomic mass is 16.3. The maximum atomic E-state index is 8.81. The van der Waals surface area contributed by atoms with Crippen LogP contribution in [0.5, 0.6) is 0 Å². The van der Waals surface area contributed by atoms with Gasteiger partial charge in [0.05, 0.1) is 18.0 Å². The summed E-state index contributed by atoms with van der Waals surface area (Å²) in [6.07, 6.45) is 0. The van der Waals surface area contributed by atoms with E-state index in [0.717, 1.165) is 17.8 Å². The molecule has 0 heterocycles. The molecule has 4 N–H and O–H groups in total. The number of nitrogen functional groups attached to an aromatic ring is 1. The summed E-state index contributed by atoms with van der Waals surface area (Å²) in [5.41, 5.74) is 8.16. The highest BCUT2D eigenvalue weighted by Gasteiger charge is 1.97. The van der Waals surface area contributed by atoms with E-state index in [1.165, 1.54) is 0 Å². The Hall–Kier alpha value is -1.22. The van der Waals surface area contributed by atoms with E-state index in [0.29, 0.717) is 5.69 Å². The van der Waals surface area contributed by atoms with Gasteiger partial charge >= 0.3 is 0 Å². The van der Waals surface area contributed by atoms with Crippen LogP contribution in [0.3, 0.4) is 0 Å². The van der Waals surface area contributed by atoms with Crippen molar-refractivity contribution in [2.24, 2.45) is 0 Å². The summed E-state index contributed by atoms with van der Waals surface area (Å²) in [5.74, 6) is 0. The molecule has 3 heteroatoms. The van der Waals surface area contributed by atoms with Gasteiger partial charge in [-0.1, -0.05) is 6.07 Å². The molecule has 0 aliphatic heterocycles. The number of nitrogens with two attached hydrogens (primary N) is 1. The monoisotopic (exact) mass is 166 g/mol. The fourth-order valence-electron chi connectivity index (χ4n) is 1.06. The third kappa shape index (κ3) is 1.89. The van der Waals surface area contributed by atoms with Crippen LogP contribution in [0.1, 0.15) is 12.5 Å². The molecule has 0 spiro atoms. The van der Waals surface area contributed by atoms with Crippen molar-refractivity contribution in [1.29, 1.82) is 0 Å². The fourth-order valence-corrected chi connectivity index (χ4v) is 1.06. The van der Waals surface area contributed by atoms with Crippen molar-refractivity contribution < 1.29 is 5.11 Å². The van der Waals surface area contributed by atoms with E-state index >= 15 is 0 Å². The third-order valence-electron chi connectivity index (χ3n) is 1.67. The lowest BCUT2D eigenvalue weighted by Gasteiger charge is -2.07. The van der Waals surface area contributed by atoms with Crippen molar-refractivity contribution in [3.63, 3.8) is 0 Å². The molecular formula is C9H14N2O. The normalized spacial score (nSPS) is 9.83. The maximum Gasteiger partial charge on any atom is 0.0682 e. The zero-order valence-corrected chi connectivity index (χ0v) is 7.17. The van der Waals surface area contributed by atoms with Crippen LogP contribution in [0.25, 0.3) is 0 Å². The van der Waals surface area contributed by atoms with E-state index in [2.05, 4.69) is 5.32 Å². The number of nitrogens with one attached hydrogen (secondary N) is 1. The minimum absolute atomic E-state index is 0.0383. The first kappa shape index (κ1) is 8.87. The van der Waals surface area contributed by atoms with Gasteiger partial charge in [0.2, 0.25) is 0 Å². The van der Waals surface area contributed by atoms with Gasteiger partial charge in [-0.2, -0.15) is 0 Å². The average Bonchev–Trinajstić information content (AvgIpc) is 2.09. The first-order valence-electron chi connectivity index (χ1n) is 4.01. The summed E-state index contributed by atoms with van der Waals surface area (Å²) >= 11 is 0. The molecule has 0 saturated carbocycles. The molecule has 0 aliphatic carbocycles. The SMILES string of the molecule is CCNc1ccc(CO)cc1N. The quantitative estimate of drug-likeness (QED) is 0.591. The highest BCUT2D eigenvalue weighted by molar-refractivity contribution is 5.66. The molecular weight excluding hydrogens is 152 g/mol. The number of hydrogen-bond acceptors (Lipinski definition) is 3. The molecule has 0 bridgehead atoms. The van der Waals surface area contributed by atoms with Gasteiger partial charge in [-0.15, -0.1) is 0 Å². The Bertz CT molecular complexity index is 261. The van der Waals surface area contributed by atoms with Gasteiger partial charge in [0.25, 0.3) is 0 Å². The first-order chi connectivity index (χ1) is 5.77. The van der Waals surface area contributed by atoms with Gasteiger partial charge in [-0.25, -0.2) is 0 Å². The van der Waals surface area contributed by atoms with Crippen LogP contribution in [0.15, 0.2) is 18.2 Å². The molecule has 0 fully saturated rings. The first-order valence-corrected chi connectivity index (χ1v) is 4.01. The lowest BCUT2D eigenvalue weighted by molar-refractivity contribution is 0.282. The lowest BCUT2D eigenvalue weighted by atomic mass is 10.2. The highest BCUT2D eigenvalue weighted by Crippen LogP contribution is 2.19. The van der Waals surface area contributed by atoms with Crippen LogP contribution >= 0.6 is 0 Å².